The molecule has 1 saturated heterocycles. The molecule has 0 aromatic carbocycles. The molecule has 0 atom stereocenters. The van der Waals surface area contributed by atoms with Crippen LogP contribution in [0.5, 0.6) is 0 Å². The molecule has 1 N–H and O–H groups in total. The summed E-state index contributed by atoms with van der Waals surface area (Å²) in [7, 11) is 1.41. The summed E-state index contributed by atoms with van der Waals surface area (Å²) in [6.45, 7) is 5.99. The van der Waals surface area contributed by atoms with Crippen LogP contribution in [-0.4, -0.2) is 77.2 Å². The Labute approximate surface area is 159 Å². The summed E-state index contributed by atoms with van der Waals surface area (Å²) in [5, 5.41) is 8.64. The fourth-order valence-corrected chi connectivity index (χ4v) is 2.59. The predicted octanol–water partition coefficient (Wildman–Crippen LogP) is 1.64. The standard InChI is InChI=1S/C18H30N2O7/c1-18(2,3)27-17(25)20-10-8-13(9-11-20)26-16(24)7-5-6-14(21)19(4)12-15(22)23/h13H,5-12H2,1-4H3,(H,22,23). The number of amides is 2. The molecule has 9 nitrogen and oxygen atoms in total. The number of likely N-dealkylation sites (N-methyl/N-ethyl adjacent to an activating group) is 1. The minimum Gasteiger partial charge on any atom is -0.480 e. The molecule has 27 heavy (non-hydrogen) atoms. The van der Waals surface area contributed by atoms with Gasteiger partial charge in [0, 0.05) is 45.8 Å². The highest BCUT2D eigenvalue weighted by Crippen LogP contribution is 2.18. The largest absolute Gasteiger partial charge is 0.480 e. The molecule has 0 spiro atoms. The number of carboxylic acids is 1. The number of ether oxygens (including phenoxy) is 2. The van der Waals surface area contributed by atoms with Crippen LogP contribution in [0.1, 0.15) is 52.9 Å². The van der Waals surface area contributed by atoms with Crippen molar-refractivity contribution in [1.82, 2.24) is 9.80 Å². The first-order valence-corrected chi connectivity index (χ1v) is 9.11. The van der Waals surface area contributed by atoms with E-state index in [2.05, 4.69) is 0 Å². The Bertz CT molecular complexity index is 548. The Morgan fingerprint density at radius 1 is 1.11 bits per heavy atom. The lowest BCUT2D eigenvalue weighted by Crippen LogP contribution is -2.43. The first kappa shape index (κ1) is 22.7. The molecular formula is C18H30N2O7. The molecule has 1 fully saturated rings. The molecule has 0 radical (unpaired) electrons. The summed E-state index contributed by atoms with van der Waals surface area (Å²) in [5.74, 6) is -1.79. The van der Waals surface area contributed by atoms with Crippen LogP contribution in [0.4, 0.5) is 4.79 Å². The van der Waals surface area contributed by atoms with Crippen LogP contribution in [0.2, 0.25) is 0 Å². The molecule has 1 heterocycles. The molecule has 9 heteroatoms. The molecule has 2 amide bonds. The highest BCUT2D eigenvalue weighted by Gasteiger charge is 2.28. The monoisotopic (exact) mass is 386 g/mol. The average Bonchev–Trinajstić information content (AvgIpc) is 2.53. The lowest BCUT2D eigenvalue weighted by Gasteiger charge is -2.33. The Balaban J connectivity index is 2.24. The number of hydrogen-bond donors (Lipinski definition) is 1. The van der Waals surface area contributed by atoms with Gasteiger partial charge in [0.25, 0.3) is 0 Å². The maximum Gasteiger partial charge on any atom is 0.410 e. The SMILES string of the molecule is CN(CC(=O)O)C(=O)CCCC(=O)OC1CCN(C(=O)OC(C)(C)C)CC1. The zero-order chi connectivity index (χ0) is 20.6. The van der Waals surface area contributed by atoms with E-state index in [0.29, 0.717) is 32.4 Å². The zero-order valence-electron chi connectivity index (χ0n) is 16.5. The summed E-state index contributed by atoms with van der Waals surface area (Å²) < 4.78 is 10.7. The van der Waals surface area contributed by atoms with Gasteiger partial charge in [0.1, 0.15) is 18.2 Å². The number of carboxylic acid groups (broad SMARTS) is 1. The van der Waals surface area contributed by atoms with Gasteiger partial charge in [0.2, 0.25) is 5.91 Å². The molecular weight excluding hydrogens is 356 g/mol. The van der Waals surface area contributed by atoms with Gasteiger partial charge >= 0.3 is 18.0 Å². The van der Waals surface area contributed by atoms with Crippen molar-refractivity contribution in [3.63, 3.8) is 0 Å². The number of nitrogens with zero attached hydrogens (tertiary/aromatic N) is 2. The van der Waals surface area contributed by atoms with Crippen molar-refractivity contribution < 1.29 is 33.8 Å². The molecule has 1 aliphatic heterocycles. The van der Waals surface area contributed by atoms with Crippen molar-refractivity contribution in [1.29, 1.82) is 0 Å². The quantitative estimate of drug-likeness (QED) is 0.662. The normalized spacial score (nSPS) is 15.2. The first-order valence-electron chi connectivity index (χ1n) is 9.11. The third-order valence-corrected chi connectivity index (χ3v) is 3.96. The van der Waals surface area contributed by atoms with E-state index in [-0.39, 0.29) is 43.5 Å². The van der Waals surface area contributed by atoms with E-state index in [0.717, 1.165) is 4.90 Å². The number of esters is 1. The number of aliphatic carboxylic acids is 1. The summed E-state index contributed by atoms with van der Waals surface area (Å²) in [6, 6.07) is 0. The molecule has 0 bridgehead atoms. The first-order chi connectivity index (χ1) is 12.5. The minimum absolute atomic E-state index is 0.0932. The second kappa shape index (κ2) is 10.1. The maximum atomic E-state index is 12.0. The van der Waals surface area contributed by atoms with Crippen molar-refractivity contribution >= 4 is 23.9 Å². The van der Waals surface area contributed by atoms with Gasteiger partial charge in [-0.15, -0.1) is 0 Å². The van der Waals surface area contributed by atoms with E-state index in [1.54, 1.807) is 4.90 Å². The predicted molar refractivity (Wildman–Crippen MR) is 96.0 cm³/mol. The van der Waals surface area contributed by atoms with Gasteiger partial charge in [-0.25, -0.2) is 4.79 Å². The van der Waals surface area contributed by atoms with Crippen molar-refractivity contribution in [3.8, 4) is 0 Å². The van der Waals surface area contributed by atoms with E-state index < -0.39 is 11.6 Å². The van der Waals surface area contributed by atoms with Gasteiger partial charge in [-0.3, -0.25) is 14.4 Å². The van der Waals surface area contributed by atoms with Gasteiger partial charge < -0.3 is 24.4 Å². The molecule has 1 rings (SSSR count). The van der Waals surface area contributed by atoms with Crippen molar-refractivity contribution in [2.45, 2.75) is 64.6 Å². The highest BCUT2D eigenvalue weighted by molar-refractivity contribution is 5.81. The lowest BCUT2D eigenvalue weighted by molar-refractivity contribution is -0.151. The summed E-state index contributed by atoms with van der Waals surface area (Å²) in [5.41, 5.74) is -0.545. The van der Waals surface area contributed by atoms with Crippen LogP contribution in [-0.2, 0) is 23.9 Å². The third kappa shape index (κ3) is 9.25. The van der Waals surface area contributed by atoms with Crippen molar-refractivity contribution in [3.05, 3.63) is 0 Å². The Kier molecular flexibility index (Phi) is 8.52. The van der Waals surface area contributed by atoms with E-state index in [9.17, 15) is 19.2 Å². The molecule has 154 valence electrons. The molecule has 0 aromatic rings. The fraction of sp³-hybridized carbons (Fsp3) is 0.778. The topological polar surface area (TPSA) is 113 Å². The Hall–Kier alpha value is -2.32. The van der Waals surface area contributed by atoms with Gasteiger partial charge in [0.15, 0.2) is 0 Å². The summed E-state index contributed by atoms with van der Waals surface area (Å²) >= 11 is 0. The van der Waals surface area contributed by atoms with Crippen LogP contribution < -0.4 is 0 Å². The molecule has 0 aliphatic carbocycles. The smallest absolute Gasteiger partial charge is 0.410 e. The number of hydrogen-bond acceptors (Lipinski definition) is 6. The molecule has 1 aliphatic rings. The van der Waals surface area contributed by atoms with Crippen LogP contribution in [0, 0.1) is 0 Å². The maximum absolute atomic E-state index is 12.0. The number of carbonyl (C=O) groups excluding carboxylic acids is 3. The third-order valence-electron chi connectivity index (χ3n) is 3.96. The van der Waals surface area contributed by atoms with Crippen LogP contribution in [0.15, 0.2) is 0 Å². The lowest BCUT2D eigenvalue weighted by atomic mass is 10.1. The van der Waals surface area contributed by atoms with E-state index in [1.807, 2.05) is 20.8 Å². The Morgan fingerprint density at radius 3 is 2.22 bits per heavy atom. The number of piperidine rings is 1. The van der Waals surface area contributed by atoms with Crippen LogP contribution in [0.3, 0.4) is 0 Å². The second-order valence-corrected chi connectivity index (χ2v) is 7.65. The molecule has 0 aromatic heterocycles. The molecule has 0 saturated carbocycles. The number of rotatable bonds is 7. The average molecular weight is 386 g/mol. The van der Waals surface area contributed by atoms with Gasteiger partial charge in [-0.1, -0.05) is 0 Å². The van der Waals surface area contributed by atoms with Gasteiger partial charge in [0.05, 0.1) is 0 Å². The van der Waals surface area contributed by atoms with Crippen LogP contribution in [0.25, 0.3) is 0 Å². The highest BCUT2D eigenvalue weighted by atomic mass is 16.6. The second-order valence-electron chi connectivity index (χ2n) is 7.65. The minimum atomic E-state index is -1.08. The number of carbonyl (C=O) groups is 4. The molecule has 0 unspecified atom stereocenters. The van der Waals surface area contributed by atoms with E-state index in [4.69, 9.17) is 14.6 Å². The number of likely N-dealkylation sites (tertiary alicyclic amines) is 1. The van der Waals surface area contributed by atoms with Crippen LogP contribution >= 0.6 is 0 Å². The summed E-state index contributed by atoms with van der Waals surface area (Å²) in [6.07, 6.45) is 0.974. The van der Waals surface area contributed by atoms with Crippen molar-refractivity contribution in [2.24, 2.45) is 0 Å². The zero-order valence-corrected chi connectivity index (χ0v) is 16.5. The Morgan fingerprint density at radius 2 is 1.70 bits per heavy atom. The van der Waals surface area contributed by atoms with E-state index >= 15 is 0 Å². The summed E-state index contributed by atoms with van der Waals surface area (Å²) in [4.78, 5) is 48.9. The van der Waals surface area contributed by atoms with Gasteiger partial charge in [-0.2, -0.15) is 0 Å². The van der Waals surface area contributed by atoms with Gasteiger partial charge in [-0.05, 0) is 27.2 Å². The fourth-order valence-electron chi connectivity index (χ4n) is 2.59. The van der Waals surface area contributed by atoms with Crippen molar-refractivity contribution in [2.75, 3.05) is 26.7 Å². The van der Waals surface area contributed by atoms with E-state index in [1.165, 1.54) is 7.05 Å².